The molecule has 0 aliphatic carbocycles. The number of benzene rings is 2. The average Bonchev–Trinajstić information content (AvgIpc) is 2.37. The van der Waals surface area contributed by atoms with Gasteiger partial charge in [-0.2, -0.15) is 0 Å². The topological polar surface area (TPSA) is 32.3 Å². The maximum atomic E-state index is 9.71. The Bertz CT molecular complexity index is 574. The minimum Gasteiger partial charge on any atom is -0.508 e. The number of hydrogen-bond acceptors (Lipinski definition) is 2. The van der Waals surface area contributed by atoms with Crippen molar-refractivity contribution in [3.63, 3.8) is 0 Å². The van der Waals surface area contributed by atoms with Crippen molar-refractivity contribution in [1.29, 1.82) is 0 Å². The summed E-state index contributed by atoms with van der Waals surface area (Å²) in [5.74, 6) is 0.309. The zero-order chi connectivity index (χ0) is 13.8. The molecule has 0 bridgehead atoms. The van der Waals surface area contributed by atoms with Gasteiger partial charge in [-0.15, -0.1) is 0 Å². The Kier molecular flexibility index (Phi) is 4.86. The molecule has 19 heavy (non-hydrogen) atoms. The first-order valence-electron chi connectivity index (χ1n) is 6.03. The predicted octanol–water partition coefficient (Wildman–Crippen LogP) is 4.66. The lowest BCUT2D eigenvalue weighted by Crippen LogP contribution is -2.18. The first-order valence-corrected chi connectivity index (χ1v) is 7.20. The molecule has 2 nitrogen and oxygen atoms in total. The van der Waals surface area contributed by atoms with Crippen LogP contribution in [-0.2, 0) is 6.54 Å². The number of aromatic hydroxyl groups is 1. The van der Waals surface area contributed by atoms with Crippen LogP contribution in [0, 0.1) is 0 Å². The molecule has 0 aliphatic heterocycles. The van der Waals surface area contributed by atoms with E-state index in [0.717, 1.165) is 20.6 Å². The summed E-state index contributed by atoms with van der Waals surface area (Å²) in [4.78, 5) is 0. The zero-order valence-corrected chi connectivity index (χ0v) is 12.9. The molecule has 0 aliphatic rings. The summed E-state index contributed by atoms with van der Waals surface area (Å²) in [6.07, 6.45) is 0. The molecular weight excluding hydrogens is 326 g/mol. The molecule has 0 spiro atoms. The summed E-state index contributed by atoms with van der Waals surface area (Å²) in [6.45, 7) is 2.65. The fourth-order valence-corrected chi connectivity index (χ4v) is 2.72. The molecule has 2 aromatic rings. The van der Waals surface area contributed by atoms with Gasteiger partial charge in [0.15, 0.2) is 0 Å². The Morgan fingerprint density at radius 2 is 2.00 bits per heavy atom. The van der Waals surface area contributed by atoms with E-state index in [1.165, 1.54) is 0 Å². The normalized spacial score (nSPS) is 12.4. The van der Waals surface area contributed by atoms with Gasteiger partial charge in [0.2, 0.25) is 0 Å². The van der Waals surface area contributed by atoms with Crippen molar-refractivity contribution < 1.29 is 5.11 Å². The van der Waals surface area contributed by atoms with Crippen LogP contribution in [0.3, 0.4) is 0 Å². The van der Waals surface area contributed by atoms with Gasteiger partial charge in [0.05, 0.1) is 0 Å². The largest absolute Gasteiger partial charge is 0.508 e. The van der Waals surface area contributed by atoms with Gasteiger partial charge in [-0.05, 0) is 30.7 Å². The van der Waals surface area contributed by atoms with Crippen molar-refractivity contribution >= 4 is 27.5 Å². The minimum absolute atomic E-state index is 0.111. The van der Waals surface area contributed by atoms with E-state index < -0.39 is 0 Å². The Balaban J connectivity index is 2.05. The van der Waals surface area contributed by atoms with Gasteiger partial charge in [0.25, 0.3) is 0 Å². The van der Waals surface area contributed by atoms with Gasteiger partial charge in [-0.3, -0.25) is 0 Å². The van der Waals surface area contributed by atoms with Crippen LogP contribution in [0.4, 0.5) is 0 Å². The van der Waals surface area contributed by atoms with Crippen molar-refractivity contribution in [2.75, 3.05) is 0 Å². The molecule has 1 atom stereocenters. The van der Waals surface area contributed by atoms with Gasteiger partial charge in [-0.25, -0.2) is 0 Å². The van der Waals surface area contributed by atoms with E-state index in [0.29, 0.717) is 12.3 Å². The molecule has 1 unspecified atom stereocenters. The van der Waals surface area contributed by atoms with Crippen LogP contribution in [0.1, 0.15) is 24.1 Å². The van der Waals surface area contributed by atoms with Crippen molar-refractivity contribution in [2.24, 2.45) is 0 Å². The van der Waals surface area contributed by atoms with Crippen molar-refractivity contribution in [2.45, 2.75) is 19.5 Å². The number of phenolic OH excluding ortho intramolecular Hbond substituents is 1. The first-order chi connectivity index (χ1) is 9.08. The fraction of sp³-hybridized carbons (Fsp3) is 0.200. The smallest absolute Gasteiger partial charge is 0.120 e. The second kappa shape index (κ2) is 6.42. The minimum atomic E-state index is 0.111. The Morgan fingerprint density at radius 3 is 2.68 bits per heavy atom. The summed E-state index contributed by atoms with van der Waals surface area (Å²) in [7, 11) is 0. The molecule has 0 heterocycles. The third-order valence-corrected chi connectivity index (χ3v) is 3.84. The lowest BCUT2D eigenvalue weighted by atomic mass is 10.1. The quantitative estimate of drug-likeness (QED) is 0.848. The van der Waals surface area contributed by atoms with Crippen LogP contribution < -0.4 is 5.32 Å². The Morgan fingerprint density at radius 1 is 1.26 bits per heavy atom. The standard InChI is InChI=1S/C15H15BrClNO/c1-10(13-7-6-12(16)8-14(13)17)18-9-11-4-2-3-5-15(11)19/h2-8,10,18-19H,9H2,1H3. The van der Waals surface area contributed by atoms with E-state index in [9.17, 15) is 5.11 Å². The molecule has 0 fully saturated rings. The molecule has 0 radical (unpaired) electrons. The van der Waals surface area contributed by atoms with Crippen LogP contribution >= 0.6 is 27.5 Å². The third-order valence-electron chi connectivity index (χ3n) is 3.02. The third kappa shape index (κ3) is 3.72. The SMILES string of the molecule is CC(NCc1ccccc1O)c1ccc(Br)cc1Cl. The van der Waals surface area contributed by atoms with E-state index in [2.05, 4.69) is 28.2 Å². The number of rotatable bonds is 4. The molecule has 2 aromatic carbocycles. The maximum Gasteiger partial charge on any atom is 0.120 e. The summed E-state index contributed by atoms with van der Waals surface area (Å²) in [5, 5.41) is 13.8. The number of hydrogen-bond donors (Lipinski definition) is 2. The molecule has 0 saturated carbocycles. The molecule has 0 aromatic heterocycles. The van der Waals surface area contributed by atoms with Crippen LogP contribution in [0.2, 0.25) is 5.02 Å². The highest BCUT2D eigenvalue weighted by Gasteiger charge is 2.10. The van der Waals surface area contributed by atoms with Gasteiger partial charge >= 0.3 is 0 Å². The number of nitrogens with one attached hydrogen (secondary N) is 1. The highest BCUT2D eigenvalue weighted by Crippen LogP contribution is 2.27. The van der Waals surface area contributed by atoms with Gasteiger partial charge in [-0.1, -0.05) is 51.8 Å². The predicted molar refractivity (Wildman–Crippen MR) is 82.5 cm³/mol. The average molecular weight is 341 g/mol. The summed E-state index contributed by atoms with van der Waals surface area (Å²) < 4.78 is 0.967. The number of halogens is 2. The highest BCUT2D eigenvalue weighted by atomic mass is 79.9. The number of para-hydroxylation sites is 1. The Labute approximate surface area is 126 Å². The van der Waals surface area contributed by atoms with Crippen LogP contribution in [0.15, 0.2) is 46.9 Å². The highest BCUT2D eigenvalue weighted by molar-refractivity contribution is 9.10. The molecule has 100 valence electrons. The lowest BCUT2D eigenvalue weighted by molar-refractivity contribution is 0.460. The van der Waals surface area contributed by atoms with E-state index in [1.807, 2.05) is 36.4 Å². The maximum absolute atomic E-state index is 9.71. The number of phenols is 1. The molecule has 0 amide bonds. The second-order valence-corrected chi connectivity index (χ2v) is 5.72. The van der Waals surface area contributed by atoms with Gasteiger partial charge in [0, 0.05) is 27.6 Å². The van der Waals surface area contributed by atoms with Crippen molar-refractivity contribution in [1.82, 2.24) is 5.32 Å². The Hall–Kier alpha value is -1.03. The zero-order valence-electron chi connectivity index (χ0n) is 10.5. The van der Waals surface area contributed by atoms with Gasteiger partial charge < -0.3 is 10.4 Å². The van der Waals surface area contributed by atoms with Crippen LogP contribution in [0.25, 0.3) is 0 Å². The lowest BCUT2D eigenvalue weighted by Gasteiger charge is -2.16. The monoisotopic (exact) mass is 339 g/mol. The summed E-state index contributed by atoms with van der Waals surface area (Å²) in [5.41, 5.74) is 1.92. The molecular formula is C15H15BrClNO. The molecule has 2 N–H and O–H groups in total. The molecule has 2 rings (SSSR count). The summed E-state index contributed by atoms with van der Waals surface area (Å²) >= 11 is 9.61. The fourth-order valence-electron chi connectivity index (χ4n) is 1.89. The van der Waals surface area contributed by atoms with E-state index in [-0.39, 0.29) is 6.04 Å². The molecule has 0 saturated heterocycles. The van der Waals surface area contributed by atoms with E-state index >= 15 is 0 Å². The van der Waals surface area contributed by atoms with E-state index in [4.69, 9.17) is 11.6 Å². The van der Waals surface area contributed by atoms with E-state index in [1.54, 1.807) is 6.07 Å². The molecule has 4 heteroatoms. The van der Waals surface area contributed by atoms with Crippen LogP contribution in [0.5, 0.6) is 5.75 Å². The van der Waals surface area contributed by atoms with Crippen molar-refractivity contribution in [3.8, 4) is 5.75 Å². The van der Waals surface area contributed by atoms with Gasteiger partial charge in [0.1, 0.15) is 5.75 Å². The second-order valence-electron chi connectivity index (χ2n) is 4.40. The summed E-state index contributed by atoms with van der Waals surface area (Å²) in [6, 6.07) is 13.3. The first kappa shape index (κ1) is 14.4. The van der Waals surface area contributed by atoms with Crippen molar-refractivity contribution in [3.05, 3.63) is 63.1 Å². The van der Waals surface area contributed by atoms with Crippen LogP contribution in [-0.4, -0.2) is 5.11 Å².